The standard InChI is InChI=1S/C4H6N2O.B20/c1-5-4-2-3-6-7-4;1-12(2)17(11)20(18(13(3)4)14(5)6)19(15(7)8)16(9)10/h2-3,5H,1H3;. The quantitative estimate of drug-likeness (QED) is 0.461. The molecule has 0 atom stereocenters. The Morgan fingerprint density at radius 2 is 1.11 bits per heavy atom. The van der Waals surface area contributed by atoms with Crippen LogP contribution in [-0.4, -0.2) is 155 Å². The highest BCUT2D eigenvalue weighted by molar-refractivity contribution is 8.19. The van der Waals surface area contributed by atoms with Gasteiger partial charge in [0.05, 0.1) is 6.20 Å². The molecule has 0 aliphatic carbocycles. The summed E-state index contributed by atoms with van der Waals surface area (Å²) in [6.07, 6.45) is -5.56. The van der Waals surface area contributed by atoms with E-state index in [1.54, 1.807) is 19.3 Å². The summed E-state index contributed by atoms with van der Waals surface area (Å²) >= 11 is 0. The van der Waals surface area contributed by atoms with E-state index in [0.29, 0.717) is 5.88 Å². The lowest BCUT2D eigenvalue weighted by atomic mass is 8.39. The molecule has 1 heterocycles. The first-order valence-electron chi connectivity index (χ1n) is 8.35. The number of anilines is 1. The first-order valence-corrected chi connectivity index (χ1v) is 8.35. The summed E-state index contributed by atoms with van der Waals surface area (Å²) < 4.78 is 4.62. The molecule has 27 heavy (non-hydrogen) atoms. The molecule has 0 saturated heterocycles. The first-order chi connectivity index (χ1) is 12.4. The predicted octanol–water partition coefficient (Wildman–Crippen LogP) is -6.90. The molecule has 1 aromatic heterocycles. The van der Waals surface area contributed by atoms with Crippen LogP contribution in [0.15, 0.2) is 16.8 Å². The Hall–Kier alpha value is 0.309. The average Bonchev–Trinajstić information content (AvgIpc) is 3.06. The summed E-state index contributed by atoms with van der Waals surface area (Å²) in [6, 6.07) is 1.75. The van der Waals surface area contributed by atoms with Crippen molar-refractivity contribution in [1.82, 2.24) is 5.16 Å². The zero-order chi connectivity index (χ0) is 21.3. The lowest BCUT2D eigenvalue weighted by Gasteiger charge is -2.42. The van der Waals surface area contributed by atoms with Crippen LogP contribution in [0.3, 0.4) is 0 Å². The van der Waals surface area contributed by atoms with Crippen LogP contribution in [0.5, 0.6) is 0 Å². The van der Waals surface area contributed by atoms with Crippen LogP contribution in [0.2, 0.25) is 0 Å². The fraction of sp³-hybridized carbons (Fsp3) is 0.250. The van der Waals surface area contributed by atoms with E-state index in [9.17, 15) is 0 Å². The molecule has 3 nitrogen and oxygen atoms in total. The van der Waals surface area contributed by atoms with E-state index >= 15 is 0 Å². The molecule has 0 aromatic carbocycles. The lowest BCUT2D eigenvalue weighted by Crippen LogP contribution is -2.80. The summed E-state index contributed by atoms with van der Waals surface area (Å²) in [5.41, 5.74) is 0. The van der Waals surface area contributed by atoms with Crippen LogP contribution < -0.4 is 5.32 Å². The van der Waals surface area contributed by atoms with Gasteiger partial charge in [-0.05, 0) is 0 Å². The number of nitrogens with one attached hydrogen (secondary N) is 1. The molecule has 0 spiro atoms. The van der Waals surface area contributed by atoms with Crippen molar-refractivity contribution in [2.45, 2.75) is 0 Å². The van der Waals surface area contributed by atoms with E-state index < -0.39 is 57.5 Å². The molecule has 0 saturated carbocycles. The van der Waals surface area contributed by atoms with Gasteiger partial charge in [-0.2, -0.15) is 0 Å². The highest BCUT2D eigenvalue weighted by Gasteiger charge is 2.44. The van der Waals surface area contributed by atoms with Crippen LogP contribution in [0.25, 0.3) is 0 Å². The molecular weight excluding hydrogens is 308 g/mol. The smallest absolute Gasteiger partial charge is 0.224 e. The van der Waals surface area contributed by atoms with Gasteiger partial charge in [0, 0.05) is 156 Å². The van der Waals surface area contributed by atoms with Gasteiger partial charge in [0.2, 0.25) is 5.88 Å². The summed E-state index contributed by atoms with van der Waals surface area (Å²) in [5, 5.41) is 6.23. The fourth-order valence-electron chi connectivity index (χ4n) is 2.91. The Morgan fingerprint density at radius 3 is 1.30 bits per heavy atom. The van der Waals surface area contributed by atoms with Crippen LogP contribution in [0.4, 0.5) is 5.88 Å². The van der Waals surface area contributed by atoms with Crippen molar-refractivity contribution in [1.29, 1.82) is 0 Å². The minimum atomic E-state index is -0.889. The molecule has 1 N–H and O–H groups in total. The largest absolute Gasteiger partial charge is 0.357 e. The predicted molar refractivity (Wildman–Crippen MR) is 141 cm³/mol. The van der Waals surface area contributed by atoms with Gasteiger partial charge in [-0.25, -0.2) is 0 Å². The van der Waals surface area contributed by atoms with Gasteiger partial charge >= 0.3 is 0 Å². The van der Waals surface area contributed by atoms with E-state index in [-0.39, 0.29) is 0 Å². The highest BCUT2D eigenvalue weighted by Crippen LogP contribution is 2.06. The van der Waals surface area contributed by atoms with Gasteiger partial charge in [-0.15, -0.1) is 0 Å². The molecular formula is C4H6B20N2O. The Balaban J connectivity index is 0.000000797. The normalized spacial score (nSPS) is 9.07. The topological polar surface area (TPSA) is 38.1 Å². The summed E-state index contributed by atoms with van der Waals surface area (Å²) in [6.45, 7) is 0. The van der Waals surface area contributed by atoms with Crippen molar-refractivity contribution in [2.75, 3.05) is 12.4 Å². The molecule has 98 valence electrons. The Bertz CT molecular complexity index is 442. The van der Waals surface area contributed by atoms with Crippen molar-refractivity contribution in [3.63, 3.8) is 0 Å². The fourth-order valence-corrected chi connectivity index (χ4v) is 2.91. The number of rotatable bonds is 9. The Labute approximate surface area is 182 Å². The number of hydrogen-bond acceptors (Lipinski definition) is 3. The van der Waals surface area contributed by atoms with E-state index in [4.69, 9.17) is 85.1 Å². The second-order valence-electron chi connectivity index (χ2n) is 6.32. The second kappa shape index (κ2) is 13.5. The molecule has 0 fully saturated rings. The van der Waals surface area contributed by atoms with E-state index in [1.165, 1.54) is 0 Å². The molecule has 0 amide bonds. The zero-order valence-corrected chi connectivity index (χ0v) is 15.6. The molecule has 0 aliphatic heterocycles. The average molecular weight is 314 g/mol. The molecule has 22 radical (unpaired) electrons. The maximum atomic E-state index is 6.02. The van der Waals surface area contributed by atoms with Crippen molar-refractivity contribution in [2.24, 2.45) is 0 Å². The SMILES string of the molecule is CNc1ccno1.[B]B([B])B([B])B(B(B([B])[B])B([B])[B])B(B([B])[B])B([B])[B]. The van der Waals surface area contributed by atoms with Gasteiger partial charge in [0.25, 0.3) is 0 Å². The van der Waals surface area contributed by atoms with Crippen LogP contribution in [0, 0.1) is 0 Å². The molecule has 0 unspecified atom stereocenters. The number of aromatic nitrogens is 1. The monoisotopic (exact) mass is 318 g/mol. The maximum absolute atomic E-state index is 6.02. The van der Waals surface area contributed by atoms with Gasteiger partial charge in [-0.3, -0.25) is 0 Å². The third kappa shape index (κ3) is 9.11. The van der Waals surface area contributed by atoms with Crippen molar-refractivity contribution in [3.05, 3.63) is 12.3 Å². The molecule has 1 aromatic rings. The van der Waals surface area contributed by atoms with Crippen LogP contribution >= 0.6 is 0 Å². The maximum Gasteiger partial charge on any atom is 0.224 e. The van der Waals surface area contributed by atoms with Crippen molar-refractivity contribution < 1.29 is 4.52 Å². The van der Waals surface area contributed by atoms with E-state index in [0.717, 1.165) is 0 Å². The summed E-state index contributed by atoms with van der Waals surface area (Å²) in [5.74, 6) is 0.694. The third-order valence-electron chi connectivity index (χ3n) is 4.24. The van der Waals surface area contributed by atoms with E-state index in [1.807, 2.05) is 0 Å². The molecule has 1 rings (SSSR count). The van der Waals surface area contributed by atoms with E-state index in [2.05, 4.69) is 15.0 Å². The second-order valence-corrected chi connectivity index (χ2v) is 6.32. The first kappa shape index (κ1) is 27.3. The molecule has 0 bridgehead atoms. The zero-order valence-electron chi connectivity index (χ0n) is 15.6. The van der Waals surface area contributed by atoms with Crippen molar-refractivity contribution in [3.8, 4) is 0 Å². The van der Waals surface area contributed by atoms with Crippen LogP contribution in [-0.2, 0) is 0 Å². The van der Waals surface area contributed by atoms with Gasteiger partial charge in [-0.1, -0.05) is 5.16 Å². The van der Waals surface area contributed by atoms with Crippen LogP contribution in [0.1, 0.15) is 0 Å². The van der Waals surface area contributed by atoms with Gasteiger partial charge in [0.15, 0.2) is 0 Å². The summed E-state index contributed by atoms with van der Waals surface area (Å²) in [7, 11) is 64.9. The Kier molecular flexibility index (Phi) is 13.7. The molecule has 0 aliphatic rings. The lowest BCUT2D eigenvalue weighted by molar-refractivity contribution is 0.434. The van der Waals surface area contributed by atoms with Crippen molar-refractivity contribution >= 4 is 148 Å². The third-order valence-corrected chi connectivity index (χ3v) is 4.24. The minimum Gasteiger partial charge on any atom is -0.357 e. The number of hydrogen-bond donors (Lipinski definition) is 1. The summed E-state index contributed by atoms with van der Waals surface area (Å²) in [4.78, 5) is 0. The molecule has 23 heteroatoms. The van der Waals surface area contributed by atoms with Gasteiger partial charge in [0.1, 0.15) is 0 Å². The highest BCUT2D eigenvalue weighted by atomic mass is 16.5. The Morgan fingerprint density at radius 1 is 0.704 bits per heavy atom. The van der Waals surface area contributed by atoms with Gasteiger partial charge < -0.3 is 9.84 Å². The minimum absolute atomic E-state index is 0.630. The number of nitrogens with zero attached hydrogens (tertiary/aromatic N) is 1.